The van der Waals surface area contributed by atoms with Gasteiger partial charge in [0.05, 0.1) is 6.04 Å². The van der Waals surface area contributed by atoms with E-state index in [1.165, 1.54) is 11.1 Å². The molecule has 194 valence electrons. The lowest BCUT2D eigenvalue weighted by Crippen LogP contribution is -2.39. The number of furan rings is 1. The van der Waals surface area contributed by atoms with Gasteiger partial charge >= 0.3 is 0 Å². The quantitative estimate of drug-likeness (QED) is 0.337. The van der Waals surface area contributed by atoms with Crippen LogP contribution in [0.15, 0.2) is 83.3 Å². The molecule has 0 fully saturated rings. The molecule has 0 spiro atoms. The molecule has 1 aliphatic heterocycles. The van der Waals surface area contributed by atoms with E-state index in [2.05, 4.69) is 42.6 Å². The first-order valence-corrected chi connectivity index (χ1v) is 12.9. The topological polar surface area (TPSA) is 71.8 Å². The van der Waals surface area contributed by atoms with Crippen LogP contribution < -0.4 is 10.1 Å². The Morgan fingerprint density at radius 3 is 2.55 bits per heavy atom. The summed E-state index contributed by atoms with van der Waals surface area (Å²) >= 11 is 0. The van der Waals surface area contributed by atoms with E-state index in [4.69, 9.17) is 9.15 Å². The molecule has 1 N–H and O–H groups in total. The van der Waals surface area contributed by atoms with Gasteiger partial charge in [0.25, 0.3) is 5.91 Å². The zero-order chi connectivity index (χ0) is 26.6. The molecule has 1 aliphatic rings. The van der Waals surface area contributed by atoms with Gasteiger partial charge in [-0.3, -0.25) is 9.59 Å². The second-order valence-electron chi connectivity index (χ2n) is 9.86. The van der Waals surface area contributed by atoms with Crippen molar-refractivity contribution in [2.24, 2.45) is 0 Å². The number of carbonyl (C=O) groups is 2. The normalized spacial score (nSPS) is 14.6. The lowest BCUT2D eigenvalue weighted by molar-refractivity contribution is -0.130. The maximum Gasteiger partial charge on any atom is 0.287 e. The largest absolute Gasteiger partial charge is 0.486 e. The third-order valence-electron chi connectivity index (χ3n) is 6.95. The predicted molar refractivity (Wildman–Crippen MR) is 146 cm³/mol. The summed E-state index contributed by atoms with van der Waals surface area (Å²) in [6.07, 6.45) is 0.802. The van der Waals surface area contributed by atoms with E-state index in [-0.39, 0.29) is 30.2 Å². The zero-order valence-corrected chi connectivity index (χ0v) is 22.0. The minimum absolute atomic E-state index is 0.0522. The molecule has 4 aromatic rings. The average Bonchev–Trinajstić information content (AvgIpc) is 3.39. The average molecular weight is 509 g/mol. The van der Waals surface area contributed by atoms with E-state index in [9.17, 15) is 9.59 Å². The molecule has 0 saturated heterocycles. The van der Waals surface area contributed by atoms with E-state index in [0.717, 1.165) is 28.7 Å². The van der Waals surface area contributed by atoms with Crippen LogP contribution in [0.4, 0.5) is 0 Å². The van der Waals surface area contributed by atoms with Gasteiger partial charge in [-0.1, -0.05) is 65.7 Å². The summed E-state index contributed by atoms with van der Waals surface area (Å²) in [5, 5.41) is 2.90. The maximum absolute atomic E-state index is 12.6. The van der Waals surface area contributed by atoms with Gasteiger partial charge < -0.3 is 19.4 Å². The number of ether oxygens (including phenoxy) is 1. The lowest BCUT2D eigenvalue weighted by Gasteiger charge is -2.37. The van der Waals surface area contributed by atoms with Crippen LogP contribution >= 0.6 is 0 Å². The highest BCUT2D eigenvalue weighted by Crippen LogP contribution is 2.37. The summed E-state index contributed by atoms with van der Waals surface area (Å²) in [6.45, 7) is 7.01. The van der Waals surface area contributed by atoms with E-state index >= 15 is 0 Å². The monoisotopic (exact) mass is 508 g/mol. The summed E-state index contributed by atoms with van der Waals surface area (Å²) < 4.78 is 11.8. The number of nitrogens with one attached hydrogen (secondary N) is 1. The van der Waals surface area contributed by atoms with Crippen molar-refractivity contribution in [1.29, 1.82) is 0 Å². The molecule has 1 aromatic heterocycles. The molecular weight excluding hydrogens is 476 g/mol. The maximum atomic E-state index is 12.6. The van der Waals surface area contributed by atoms with Gasteiger partial charge in [0.15, 0.2) is 5.76 Å². The number of amides is 2. The molecule has 1 atom stereocenters. The number of aryl methyl sites for hydroxylation is 2. The molecule has 6 nitrogen and oxygen atoms in total. The number of nitrogens with zero attached hydrogens (tertiary/aromatic N) is 1. The highest BCUT2D eigenvalue weighted by Gasteiger charge is 2.30. The van der Waals surface area contributed by atoms with Gasteiger partial charge in [0, 0.05) is 20.0 Å². The van der Waals surface area contributed by atoms with Crippen LogP contribution in [0.5, 0.6) is 5.75 Å². The van der Waals surface area contributed by atoms with Crippen molar-refractivity contribution in [1.82, 2.24) is 10.2 Å². The van der Waals surface area contributed by atoms with Gasteiger partial charge in [-0.25, -0.2) is 0 Å². The highest BCUT2D eigenvalue weighted by molar-refractivity contribution is 5.91. The minimum atomic E-state index is -0.267. The summed E-state index contributed by atoms with van der Waals surface area (Å²) in [7, 11) is 0. The zero-order valence-electron chi connectivity index (χ0n) is 22.0. The summed E-state index contributed by atoms with van der Waals surface area (Å²) in [5.74, 6) is 1.28. The fourth-order valence-electron chi connectivity index (χ4n) is 4.95. The van der Waals surface area contributed by atoms with E-state index < -0.39 is 0 Å². The standard InChI is InChI=1S/C32H32N2O4/c1-21-7-9-26(10-8-21)31-29-18-27(12-11-25(29)15-16-34(31)23(3)35)37-20-28-13-14-30(38-28)32(36)33-19-24-6-4-5-22(2)17-24/h4-14,17-18,31H,15-16,19-20H2,1-3H3,(H,33,36). The van der Waals surface area contributed by atoms with E-state index in [1.807, 2.05) is 48.2 Å². The SMILES string of the molecule is CC(=O)N1CCc2ccc(OCc3ccc(C(=O)NCc4cccc(C)c4)o3)cc2C1c1ccc(C)cc1. The Labute approximate surface area is 223 Å². The molecule has 6 heteroatoms. The number of hydrogen-bond acceptors (Lipinski definition) is 4. The lowest BCUT2D eigenvalue weighted by atomic mass is 9.87. The number of fused-ring (bicyclic) bond motifs is 1. The van der Waals surface area contributed by atoms with Crippen LogP contribution in [0.3, 0.4) is 0 Å². The second-order valence-corrected chi connectivity index (χ2v) is 9.86. The molecule has 0 radical (unpaired) electrons. The van der Waals surface area contributed by atoms with Gasteiger partial charge in [0.1, 0.15) is 18.1 Å². The first kappa shape index (κ1) is 25.3. The van der Waals surface area contributed by atoms with Crippen LogP contribution in [0.2, 0.25) is 0 Å². The first-order valence-electron chi connectivity index (χ1n) is 12.9. The molecule has 1 unspecified atom stereocenters. The van der Waals surface area contributed by atoms with Crippen LogP contribution in [0.1, 0.15) is 62.7 Å². The van der Waals surface area contributed by atoms with Crippen molar-refractivity contribution in [2.75, 3.05) is 6.54 Å². The Bertz CT molecular complexity index is 1450. The second kappa shape index (κ2) is 11.0. The summed E-state index contributed by atoms with van der Waals surface area (Å²) in [4.78, 5) is 27.0. The van der Waals surface area contributed by atoms with Crippen molar-refractivity contribution >= 4 is 11.8 Å². The molecule has 38 heavy (non-hydrogen) atoms. The Hall–Kier alpha value is -4.32. The van der Waals surface area contributed by atoms with Crippen molar-refractivity contribution in [3.05, 3.63) is 124 Å². The van der Waals surface area contributed by atoms with Crippen LogP contribution in [-0.4, -0.2) is 23.3 Å². The van der Waals surface area contributed by atoms with Gasteiger partial charge in [-0.15, -0.1) is 0 Å². The number of hydrogen-bond donors (Lipinski definition) is 1. The molecular formula is C32H32N2O4. The van der Waals surface area contributed by atoms with Crippen molar-refractivity contribution in [3.8, 4) is 5.75 Å². The number of carbonyl (C=O) groups excluding carboxylic acids is 2. The first-order chi connectivity index (χ1) is 18.4. The van der Waals surface area contributed by atoms with Gasteiger partial charge in [0.2, 0.25) is 5.91 Å². The molecule has 0 aliphatic carbocycles. The summed E-state index contributed by atoms with van der Waals surface area (Å²) in [5.41, 5.74) is 6.73. The van der Waals surface area contributed by atoms with Gasteiger partial charge in [-0.05, 0) is 66.8 Å². The van der Waals surface area contributed by atoms with Crippen molar-refractivity contribution in [2.45, 2.75) is 46.4 Å². The van der Waals surface area contributed by atoms with Crippen molar-refractivity contribution in [3.63, 3.8) is 0 Å². The fourth-order valence-corrected chi connectivity index (χ4v) is 4.95. The predicted octanol–water partition coefficient (Wildman–Crippen LogP) is 5.90. The van der Waals surface area contributed by atoms with Crippen molar-refractivity contribution < 1.29 is 18.7 Å². The van der Waals surface area contributed by atoms with E-state index in [0.29, 0.717) is 24.6 Å². The minimum Gasteiger partial charge on any atom is -0.486 e. The molecule has 0 bridgehead atoms. The fraction of sp³-hybridized carbons (Fsp3) is 0.250. The Morgan fingerprint density at radius 1 is 0.974 bits per heavy atom. The Kier molecular flexibility index (Phi) is 7.31. The smallest absolute Gasteiger partial charge is 0.287 e. The molecule has 5 rings (SSSR count). The van der Waals surface area contributed by atoms with Crippen LogP contribution in [-0.2, 0) is 24.4 Å². The molecule has 2 heterocycles. The third-order valence-corrected chi connectivity index (χ3v) is 6.95. The third kappa shape index (κ3) is 5.65. The molecule has 2 amide bonds. The van der Waals surface area contributed by atoms with Crippen LogP contribution in [0.25, 0.3) is 0 Å². The van der Waals surface area contributed by atoms with Crippen LogP contribution in [0, 0.1) is 13.8 Å². The summed E-state index contributed by atoms with van der Waals surface area (Å²) in [6, 6.07) is 25.7. The number of rotatable bonds is 7. The van der Waals surface area contributed by atoms with Gasteiger partial charge in [-0.2, -0.15) is 0 Å². The van der Waals surface area contributed by atoms with E-state index in [1.54, 1.807) is 19.1 Å². The highest BCUT2D eigenvalue weighted by atomic mass is 16.5. The Morgan fingerprint density at radius 2 is 1.79 bits per heavy atom. The molecule has 0 saturated carbocycles. The molecule has 3 aromatic carbocycles. The number of benzene rings is 3. The Balaban J connectivity index is 1.28.